The molecule has 0 spiro atoms. The van der Waals surface area contributed by atoms with Crippen LogP contribution in [-0.4, -0.2) is 52.5 Å². The van der Waals surface area contributed by atoms with Crippen molar-refractivity contribution in [1.29, 1.82) is 0 Å². The zero-order valence-corrected chi connectivity index (χ0v) is 11.7. The molecule has 0 unspecified atom stereocenters. The van der Waals surface area contributed by atoms with Crippen molar-refractivity contribution in [2.75, 3.05) is 19.7 Å². The van der Waals surface area contributed by atoms with Crippen LogP contribution in [0.25, 0.3) is 0 Å². The molecule has 1 fully saturated rings. The Kier molecular flexibility index (Phi) is 4.34. The van der Waals surface area contributed by atoms with Gasteiger partial charge in [-0.2, -0.15) is 0 Å². The quantitative estimate of drug-likeness (QED) is 0.812. The van der Waals surface area contributed by atoms with Gasteiger partial charge in [0, 0.05) is 38.7 Å². The number of nitrogens with one attached hydrogen (secondary N) is 1. The van der Waals surface area contributed by atoms with Crippen molar-refractivity contribution in [3.8, 4) is 0 Å². The van der Waals surface area contributed by atoms with Gasteiger partial charge in [-0.25, -0.2) is 0 Å². The Morgan fingerprint density at radius 1 is 1.45 bits per heavy atom. The first-order valence-electron chi connectivity index (χ1n) is 6.61. The Balaban J connectivity index is 2.08. The fourth-order valence-corrected chi connectivity index (χ4v) is 2.40. The Labute approximate surface area is 117 Å². The van der Waals surface area contributed by atoms with Crippen LogP contribution >= 0.6 is 0 Å². The molecule has 2 N–H and O–H groups in total. The van der Waals surface area contributed by atoms with Crippen LogP contribution in [0, 0.1) is 12.8 Å². The van der Waals surface area contributed by atoms with Crippen LogP contribution in [0.15, 0.2) is 18.3 Å². The van der Waals surface area contributed by atoms with Crippen LogP contribution < -0.4 is 5.32 Å². The number of amides is 2. The summed E-state index contributed by atoms with van der Waals surface area (Å²) >= 11 is 0. The highest BCUT2D eigenvalue weighted by Crippen LogP contribution is 2.18. The lowest BCUT2D eigenvalue weighted by Crippen LogP contribution is -2.40. The Morgan fingerprint density at radius 2 is 2.20 bits per heavy atom. The van der Waals surface area contributed by atoms with E-state index in [2.05, 4.69) is 10.3 Å². The summed E-state index contributed by atoms with van der Waals surface area (Å²) in [5.74, 6) is -0.458. The third kappa shape index (κ3) is 3.14. The minimum absolute atomic E-state index is 0.0595. The van der Waals surface area contributed by atoms with E-state index >= 15 is 0 Å². The molecule has 0 aliphatic carbocycles. The van der Waals surface area contributed by atoms with Gasteiger partial charge in [0.1, 0.15) is 5.69 Å². The van der Waals surface area contributed by atoms with Gasteiger partial charge in [-0.05, 0) is 18.6 Å². The van der Waals surface area contributed by atoms with Crippen LogP contribution in [0.5, 0.6) is 0 Å². The van der Waals surface area contributed by atoms with E-state index in [0.29, 0.717) is 18.8 Å². The van der Waals surface area contributed by atoms with Crippen molar-refractivity contribution in [2.24, 2.45) is 5.92 Å². The molecule has 1 aliphatic rings. The van der Waals surface area contributed by atoms with E-state index in [1.807, 2.05) is 13.0 Å². The molecule has 2 atom stereocenters. The van der Waals surface area contributed by atoms with Crippen molar-refractivity contribution in [2.45, 2.75) is 19.9 Å². The number of likely N-dealkylation sites (tertiary alicyclic amines) is 1. The Morgan fingerprint density at radius 3 is 2.75 bits per heavy atom. The standard InChI is InChI=1S/C14H19N3O3/c1-9-3-4-12(15-5-9)14(20)17-6-11(8-18)13(7-17)16-10(2)19/h3-5,11,13,18H,6-8H2,1-2H3,(H,16,19)/t11-,13+/m0/s1. The molecule has 2 amide bonds. The lowest BCUT2D eigenvalue weighted by Gasteiger charge is -2.16. The van der Waals surface area contributed by atoms with Gasteiger partial charge in [0.2, 0.25) is 5.91 Å². The summed E-state index contributed by atoms with van der Waals surface area (Å²) in [6.45, 7) is 4.11. The third-order valence-electron chi connectivity index (χ3n) is 3.48. The summed E-state index contributed by atoms with van der Waals surface area (Å²) in [4.78, 5) is 29.2. The van der Waals surface area contributed by atoms with Gasteiger partial charge in [0.05, 0.1) is 6.04 Å². The van der Waals surface area contributed by atoms with Gasteiger partial charge < -0.3 is 15.3 Å². The number of aromatic nitrogens is 1. The van der Waals surface area contributed by atoms with Gasteiger partial charge in [0.25, 0.3) is 5.91 Å². The van der Waals surface area contributed by atoms with Gasteiger partial charge in [0.15, 0.2) is 0 Å². The van der Waals surface area contributed by atoms with Crippen molar-refractivity contribution in [3.63, 3.8) is 0 Å². The summed E-state index contributed by atoms with van der Waals surface area (Å²) in [5, 5.41) is 12.1. The lowest BCUT2D eigenvalue weighted by atomic mass is 10.1. The van der Waals surface area contributed by atoms with E-state index in [9.17, 15) is 14.7 Å². The minimum Gasteiger partial charge on any atom is -0.396 e. The maximum atomic E-state index is 12.3. The maximum Gasteiger partial charge on any atom is 0.272 e. The van der Waals surface area contributed by atoms with E-state index in [-0.39, 0.29) is 30.4 Å². The van der Waals surface area contributed by atoms with Crippen LogP contribution in [0.4, 0.5) is 0 Å². The largest absolute Gasteiger partial charge is 0.396 e. The summed E-state index contributed by atoms with van der Waals surface area (Å²) in [6, 6.07) is 3.33. The highest BCUT2D eigenvalue weighted by Gasteiger charge is 2.35. The molecule has 6 heteroatoms. The fraction of sp³-hybridized carbons (Fsp3) is 0.500. The molecule has 0 bridgehead atoms. The number of aliphatic hydroxyl groups is 1. The molecular formula is C14H19N3O3. The normalized spacial score (nSPS) is 21.9. The minimum atomic E-state index is -0.202. The first kappa shape index (κ1) is 14.5. The molecule has 2 heterocycles. The fourth-order valence-electron chi connectivity index (χ4n) is 2.40. The number of pyridine rings is 1. The number of carbonyl (C=O) groups is 2. The molecule has 1 saturated heterocycles. The van der Waals surface area contributed by atoms with Crippen molar-refractivity contribution in [1.82, 2.24) is 15.2 Å². The van der Waals surface area contributed by atoms with Crippen molar-refractivity contribution in [3.05, 3.63) is 29.6 Å². The second kappa shape index (κ2) is 6.00. The molecule has 0 radical (unpaired) electrons. The van der Waals surface area contributed by atoms with Crippen LogP contribution in [0.1, 0.15) is 23.0 Å². The van der Waals surface area contributed by atoms with Crippen molar-refractivity contribution >= 4 is 11.8 Å². The Hall–Kier alpha value is -1.95. The number of rotatable bonds is 3. The lowest BCUT2D eigenvalue weighted by molar-refractivity contribution is -0.119. The summed E-state index contributed by atoms with van der Waals surface area (Å²) in [7, 11) is 0. The number of carbonyl (C=O) groups excluding carboxylic acids is 2. The molecule has 20 heavy (non-hydrogen) atoms. The number of nitrogens with zero attached hydrogens (tertiary/aromatic N) is 2. The molecule has 2 rings (SSSR count). The SMILES string of the molecule is CC(=O)N[C@@H]1CN(C(=O)c2ccc(C)cn2)C[C@H]1CO. The zero-order valence-electron chi connectivity index (χ0n) is 11.7. The summed E-state index contributed by atoms with van der Waals surface area (Å²) < 4.78 is 0. The van der Waals surface area contributed by atoms with Crippen LogP contribution in [0.2, 0.25) is 0 Å². The highest BCUT2D eigenvalue weighted by molar-refractivity contribution is 5.92. The molecule has 0 aromatic carbocycles. The number of hydrogen-bond donors (Lipinski definition) is 2. The molecule has 6 nitrogen and oxygen atoms in total. The third-order valence-corrected chi connectivity index (χ3v) is 3.48. The average Bonchev–Trinajstić information content (AvgIpc) is 2.81. The number of aliphatic hydroxyl groups excluding tert-OH is 1. The van der Waals surface area contributed by atoms with Crippen LogP contribution in [-0.2, 0) is 4.79 Å². The molecule has 1 aromatic rings. The van der Waals surface area contributed by atoms with E-state index in [1.54, 1.807) is 17.2 Å². The first-order chi connectivity index (χ1) is 9.51. The Bertz CT molecular complexity index is 501. The summed E-state index contributed by atoms with van der Waals surface area (Å²) in [5.41, 5.74) is 1.38. The zero-order chi connectivity index (χ0) is 14.7. The predicted octanol–water partition coefficient (Wildman–Crippen LogP) is -0.0410. The van der Waals surface area contributed by atoms with Gasteiger partial charge in [-0.15, -0.1) is 0 Å². The molecule has 0 saturated carbocycles. The van der Waals surface area contributed by atoms with Gasteiger partial charge in [-0.3, -0.25) is 14.6 Å². The van der Waals surface area contributed by atoms with E-state index in [4.69, 9.17) is 0 Å². The van der Waals surface area contributed by atoms with Crippen molar-refractivity contribution < 1.29 is 14.7 Å². The second-order valence-corrected chi connectivity index (χ2v) is 5.18. The van der Waals surface area contributed by atoms with Gasteiger partial charge in [-0.1, -0.05) is 6.07 Å². The molecule has 108 valence electrons. The number of aryl methyl sites for hydroxylation is 1. The molecule has 1 aromatic heterocycles. The maximum absolute atomic E-state index is 12.3. The molecular weight excluding hydrogens is 258 g/mol. The van der Waals surface area contributed by atoms with Crippen LogP contribution in [0.3, 0.4) is 0 Å². The first-order valence-corrected chi connectivity index (χ1v) is 6.61. The average molecular weight is 277 g/mol. The molecule has 1 aliphatic heterocycles. The van der Waals surface area contributed by atoms with Gasteiger partial charge >= 0.3 is 0 Å². The van der Waals surface area contributed by atoms with E-state index < -0.39 is 0 Å². The smallest absolute Gasteiger partial charge is 0.272 e. The van der Waals surface area contributed by atoms with E-state index in [1.165, 1.54) is 6.92 Å². The predicted molar refractivity (Wildman–Crippen MR) is 73.1 cm³/mol. The highest BCUT2D eigenvalue weighted by atomic mass is 16.3. The number of hydrogen-bond acceptors (Lipinski definition) is 4. The monoisotopic (exact) mass is 277 g/mol. The second-order valence-electron chi connectivity index (χ2n) is 5.18. The topological polar surface area (TPSA) is 82.5 Å². The summed E-state index contributed by atoms with van der Waals surface area (Å²) in [6.07, 6.45) is 1.65. The van der Waals surface area contributed by atoms with E-state index in [0.717, 1.165) is 5.56 Å².